The number of nitrogens with one attached hydrogen (secondary N) is 1. The van der Waals surface area contributed by atoms with Crippen LogP contribution in [0.4, 0.5) is 5.69 Å². The number of rotatable bonds is 4. The summed E-state index contributed by atoms with van der Waals surface area (Å²) in [6, 6.07) is 10.7. The summed E-state index contributed by atoms with van der Waals surface area (Å²) in [5.74, 6) is 0. The number of hydrogen-bond acceptors (Lipinski definition) is 4. The van der Waals surface area contributed by atoms with Crippen molar-refractivity contribution in [2.24, 2.45) is 0 Å². The normalized spacial score (nSPS) is 20.3. The summed E-state index contributed by atoms with van der Waals surface area (Å²) in [6.07, 6.45) is 1.14. The topological polar surface area (TPSA) is 42.3 Å². The Morgan fingerprint density at radius 3 is 2.68 bits per heavy atom. The second-order valence-electron chi connectivity index (χ2n) is 5.16. The van der Waals surface area contributed by atoms with Crippen molar-refractivity contribution in [2.75, 3.05) is 45.2 Å². The summed E-state index contributed by atoms with van der Waals surface area (Å²) >= 11 is 0. The number of nitriles is 1. The van der Waals surface area contributed by atoms with Crippen LogP contribution in [0.15, 0.2) is 24.3 Å². The molecule has 1 unspecified atom stereocenters. The number of piperazine rings is 1. The highest BCUT2D eigenvalue weighted by Gasteiger charge is 2.24. The van der Waals surface area contributed by atoms with E-state index in [1.807, 2.05) is 19.2 Å². The molecule has 1 aliphatic rings. The molecule has 0 bridgehead atoms. The summed E-state index contributed by atoms with van der Waals surface area (Å²) in [5.41, 5.74) is 1.96. The van der Waals surface area contributed by atoms with E-state index in [0.717, 1.165) is 38.2 Å². The molecule has 0 amide bonds. The van der Waals surface area contributed by atoms with E-state index < -0.39 is 0 Å². The number of anilines is 1. The lowest BCUT2D eigenvalue weighted by atomic mass is 10.1. The number of likely N-dealkylation sites (N-methyl/N-ethyl adjacent to an activating group) is 1. The summed E-state index contributed by atoms with van der Waals surface area (Å²) in [7, 11) is 4.18. The summed E-state index contributed by atoms with van der Waals surface area (Å²) in [4.78, 5) is 4.86. The van der Waals surface area contributed by atoms with Crippen molar-refractivity contribution >= 4 is 5.69 Å². The standard InChI is InChI=1S/C15H22N4/c1-17-8-7-15-12-18(2)9-10-19(15)14-5-3-13(11-16)4-6-14/h3-6,15,17H,7-10,12H2,1-2H3. The van der Waals surface area contributed by atoms with Gasteiger partial charge in [0, 0.05) is 31.4 Å². The Morgan fingerprint density at radius 2 is 2.05 bits per heavy atom. The Balaban J connectivity index is 2.12. The molecule has 0 radical (unpaired) electrons. The first kappa shape index (κ1) is 13.9. The van der Waals surface area contributed by atoms with Gasteiger partial charge in [-0.1, -0.05) is 0 Å². The van der Waals surface area contributed by atoms with E-state index in [1.165, 1.54) is 5.69 Å². The lowest BCUT2D eigenvalue weighted by molar-refractivity contribution is 0.260. The van der Waals surface area contributed by atoms with Gasteiger partial charge in [0.2, 0.25) is 0 Å². The zero-order valence-corrected chi connectivity index (χ0v) is 11.8. The first-order valence-electron chi connectivity index (χ1n) is 6.84. The minimum Gasteiger partial charge on any atom is -0.366 e. The van der Waals surface area contributed by atoms with Crippen LogP contribution in [0, 0.1) is 11.3 Å². The Labute approximate surface area is 115 Å². The molecule has 4 nitrogen and oxygen atoms in total. The van der Waals surface area contributed by atoms with Gasteiger partial charge in [0.05, 0.1) is 11.6 Å². The molecule has 102 valence electrons. The lowest BCUT2D eigenvalue weighted by Gasteiger charge is -2.41. The van der Waals surface area contributed by atoms with Crippen LogP contribution in [-0.2, 0) is 0 Å². The molecule has 4 heteroatoms. The number of benzene rings is 1. The van der Waals surface area contributed by atoms with E-state index >= 15 is 0 Å². The van der Waals surface area contributed by atoms with Crippen LogP contribution < -0.4 is 10.2 Å². The van der Waals surface area contributed by atoms with Gasteiger partial charge in [-0.25, -0.2) is 0 Å². The van der Waals surface area contributed by atoms with Gasteiger partial charge in [-0.05, 0) is 51.3 Å². The largest absolute Gasteiger partial charge is 0.366 e. The molecular weight excluding hydrogens is 236 g/mol. The molecule has 0 aliphatic carbocycles. The van der Waals surface area contributed by atoms with Crippen LogP contribution in [0.25, 0.3) is 0 Å². The minimum atomic E-state index is 0.541. The molecule has 1 atom stereocenters. The molecule has 1 N–H and O–H groups in total. The molecule has 1 aliphatic heterocycles. The third-order valence-corrected chi connectivity index (χ3v) is 3.74. The van der Waals surface area contributed by atoms with Crippen LogP contribution in [0.3, 0.4) is 0 Å². The van der Waals surface area contributed by atoms with Gasteiger partial charge in [0.25, 0.3) is 0 Å². The second-order valence-corrected chi connectivity index (χ2v) is 5.16. The molecule has 1 fully saturated rings. The fourth-order valence-electron chi connectivity index (χ4n) is 2.64. The molecule has 0 aromatic heterocycles. The molecule has 0 spiro atoms. The van der Waals surface area contributed by atoms with E-state index in [-0.39, 0.29) is 0 Å². The number of hydrogen-bond donors (Lipinski definition) is 1. The van der Waals surface area contributed by atoms with E-state index in [2.05, 4.69) is 40.4 Å². The average molecular weight is 258 g/mol. The maximum atomic E-state index is 8.86. The molecular formula is C15H22N4. The fourth-order valence-corrected chi connectivity index (χ4v) is 2.64. The maximum Gasteiger partial charge on any atom is 0.0991 e. The maximum absolute atomic E-state index is 8.86. The van der Waals surface area contributed by atoms with Crippen molar-refractivity contribution in [1.82, 2.24) is 10.2 Å². The fraction of sp³-hybridized carbons (Fsp3) is 0.533. The third kappa shape index (κ3) is 3.46. The average Bonchev–Trinajstić information content (AvgIpc) is 2.45. The Morgan fingerprint density at radius 1 is 1.32 bits per heavy atom. The van der Waals surface area contributed by atoms with Crippen molar-refractivity contribution in [3.05, 3.63) is 29.8 Å². The zero-order chi connectivity index (χ0) is 13.7. The SMILES string of the molecule is CNCCC1CN(C)CCN1c1ccc(C#N)cc1. The first-order valence-corrected chi connectivity index (χ1v) is 6.84. The van der Waals surface area contributed by atoms with Gasteiger partial charge >= 0.3 is 0 Å². The van der Waals surface area contributed by atoms with Gasteiger partial charge in [0.15, 0.2) is 0 Å². The van der Waals surface area contributed by atoms with Crippen LogP contribution in [0.1, 0.15) is 12.0 Å². The van der Waals surface area contributed by atoms with Crippen molar-refractivity contribution < 1.29 is 0 Å². The van der Waals surface area contributed by atoms with Crippen LogP contribution >= 0.6 is 0 Å². The first-order chi connectivity index (χ1) is 9.24. The predicted octanol–water partition coefficient (Wildman–Crippen LogP) is 1.29. The highest BCUT2D eigenvalue weighted by Crippen LogP contribution is 2.22. The molecule has 1 heterocycles. The Hall–Kier alpha value is -1.57. The molecule has 1 saturated heterocycles. The second kappa shape index (κ2) is 6.55. The quantitative estimate of drug-likeness (QED) is 0.883. The van der Waals surface area contributed by atoms with Crippen molar-refractivity contribution in [2.45, 2.75) is 12.5 Å². The Bertz CT molecular complexity index is 434. The summed E-state index contributed by atoms with van der Waals surface area (Å²) in [6.45, 7) is 4.28. The highest BCUT2D eigenvalue weighted by molar-refractivity contribution is 5.51. The monoisotopic (exact) mass is 258 g/mol. The van der Waals surface area contributed by atoms with E-state index in [0.29, 0.717) is 6.04 Å². The van der Waals surface area contributed by atoms with Crippen molar-refractivity contribution in [1.29, 1.82) is 5.26 Å². The highest BCUT2D eigenvalue weighted by atomic mass is 15.3. The van der Waals surface area contributed by atoms with Crippen molar-refractivity contribution in [3.8, 4) is 6.07 Å². The van der Waals surface area contributed by atoms with Gasteiger partial charge in [-0.2, -0.15) is 5.26 Å². The van der Waals surface area contributed by atoms with E-state index in [9.17, 15) is 0 Å². The minimum absolute atomic E-state index is 0.541. The molecule has 1 aromatic rings. The molecule has 1 aromatic carbocycles. The van der Waals surface area contributed by atoms with Crippen molar-refractivity contribution in [3.63, 3.8) is 0 Å². The van der Waals surface area contributed by atoms with Gasteiger partial charge in [0.1, 0.15) is 0 Å². The summed E-state index contributed by atoms with van der Waals surface area (Å²) in [5, 5.41) is 12.1. The molecule has 19 heavy (non-hydrogen) atoms. The van der Waals surface area contributed by atoms with Gasteiger partial charge < -0.3 is 15.1 Å². The van der Waals surface area contributed by atoms with Gasteiger partial charge in [-0.15, -0.1) is 0 Å². The predicted molar refractivity (Wildman–Crippen MR) is 78.3 cm³/mol. The molecule has 2 rings (SSSR count). The van der Waals surface area contributed by atoms with Crippen LogP contribution in [0.2, 0.25) is 0 Å². The summed E-state index contributed by atoms with van der Waals surface area (Å²) < 4.78 is 0. The third-order valence-electron chi connectivity index (χ3n) is 3.74. The lowest BCUT2D eigenvalue weighted by Crippen LogP contribution is -2.52. The Kier molecular flexibility index (Phi) is 4.78. The smallest absolute Gasteiger partial charge is 0.0991 e. The van der Waals surface area contributed by atoms with E-state index in [1.54, 1.807) is 0 Å². The zero-order valence-electron chi connectivity index (χ0n) is 11.8. The number of nitrogens with zero attached hydrogens (tertiary/aromatic N) is 3. The van der Waals surface area contributed by atoms with Crippen LogP contribution in [0.5, 0.6) is 0 Å². The van der Waals surface area contributed by atoms with Crippen LogP contribution in [-0.4, -0.2) is 51.2 Å². The van der Waals surface area contributed by atoms with Gasteiger partial charge in [-0.3, -0.25) is 0 Å². The molecule has 0 saturated carbocycles. The van der Waals surface area contributed by atoms with E-state index in [4.69, 9.17) is 5.26 Å².